The van der Waals surface area contributed by atoms with Crippen LogP contribution in [0.5, 0.6) is 0 Å². The van der Waals surface area contributed by atoms with Crippen LogP contribution in [0.25, 0.3) is 0 Å². The summed E-state index contributed by atoms with van der Waals surface area (Å²) >= 11 is 0. The topological polar surface area (TPSA) is 65.8 Å². The first-order valence-corrected chi connectivity index (χ1v) is 6.68. The largest absolute Gasteiger partial charge is 0.365 e. The first-order valence-electron chi connectivity index (χ1n) is 6.68. The number of rotatable bonds is 2. The van der Waals surface area contributed by atoms with E-state index in [-0.39, 0.29) is 5.91 Å². The van der Waals surface area contributed by atoms with Crippen molar-refractivity contribution in [2.24, 2.45) is 5.10 Å². The Hall–Kier alpha value is -2.53. The monoisotopic (exact) mass is 281 g/mol. The molecule has 1 amide bonds. The highest BCUT2D eigenvalue weighted by Crippen LogP contribution is 2.36. The molecule has 0 saturated heterocycles. The van der Waals surface area contributed by atoms with E-state index in [1.54, 1.807) is 37.4 Å². The van der Waals surface area contributed by atoms with E-state index in [1.165, 1.54) is 6.20 Å². The molecule has 0 saturated carbocycles. The summed E-state index contributed by atoms with van der Waals surface area (Å²) in [6.07, 6.45) is 3.36. The maximum Gasteiger partial charge on any atom is 0.278 e. The minimum atomic E-state index is -1.45. The number of amides is 1. The summed E-state index contributed by atoms with van der Waals surface area (Å²) in [6, 6.07) is 12.4. The predicted molar refractivity (Wildman–Crippen MR) is 78.5 cm³/mol. The molecule has 2 aromatic rings. The Morgan fingerprint density at radius 1 is 1.24 bits per heavy atom. The first-order chi connectivity index (χ1) is 10.1. The number of hydrazone groups is 1. The number of benzene rings is 1. The second-order valence-corrected chi connectivity index (χ2v) is 5.05. The van der Waals surface area contributed by atoms with Gasteiger partial charge in [0.1, 0.15) is 0 Å². The van der Waals surface area contributed by atoms with E-state index < -0.39 is 5.72 Å². The molecule has 0 unspecified atom stereocenters. The van der Waals surface area contributed by atoms with Gasteiger partial charge in [-0.2, -0.15) is 10.1 Å². The van der Waals surface area contributed by atoms with Crippen LogP contribution in [-0.2, 0) is 5.72 Å². The second-order valence-electron chi connectivity index (χ2n) is 5.05. The molecule has 1 aromatic carbocycles. The first kappa shape index (κ1) is 13.5. The number of hydrogen-bond donors (Lipinski definition) is 1. The van der Waals surface area contributed by atoms with Crippen LogP contribution in [0.2, 0.25) is 0 Å². The smallest absolute Gasteiger partial charge is 0.278 e. The maximum absolute atomic E-state index is 12.6. The van der Waals surface area contributed by atoms with Gasteiger partial charge < -0.3 is 5.11 Å². The number of nitrogens with zero attached hydrogens (tertiary/aromatic N) is 3. The number of hydrogen-bond acceptors (Lipinski definition) is 4. The molecule has 3 rings (SSSR count). The van der Waals surface area contributed by atoms with Crippen molar-refractivity contribution in [2.45, 2.75) is 19.1 Å². The summed E-state index contributed by atoms with van der Waals surface area (Å²) in [5.41, 5.74) is 0.296. The van der Waals surface area contributed by atoms with Crippen LogP contribution in [0.15, 0.2) is 60.0 Å². The Balaban J connectivity index is 2.01. The lowest BCUT2D eigenvalue weighted by atomic mass is 9.97. The van der Waals surface area contributed by atoms with Gasteiger partial charge in [0.25, 0.3) is 5.91 Å². The normalized spacial score (nSPS) is 21.2. The van der Waals surface area contributed by atoms with Gasteiger partial charge in [0, 0.05) is 30.1 Å². The lowest BCUT2D eigenvalue weighted by Gasteiger charge is -2.31. The molecular formula is C16H15N3O2. The van der Waals surface area contributed by atoms with Crippen LogP contribution >= 0.6 is 0 Å². The fourth-order valence-corrected chi connectivity index (χ4v) is 2.47. The summed E-state index contributed by atoms with van der Waals surface area (Å²) in [6.45, 7) is 1.80. The standard InChI is InChI=1S/C16H15N3O2/c1-12-10-16(21,14-7-3-2-4-8-14)19(18-12)15(20)13-6-5-9-17-11-13/h2-9,11,21H,10H2,1H3/t16-/m0/s1. The molecule has 1 aliphatic heterocycles. The van der Waals surface area contributed by atoms with Crippen molar-refractivity contribution in [3.63, 3.8) is 0 Å². The summed E-state index contributed by atoms with van der Waals surface area (Å²) in [5, 5.41) is 16.4. The van der Waals surface area contributed by atoms with E-state index in [9.17, 15) is 9.90 Å². The van der Waals surface area contributed by atoms with Crippen LogP contribution in [0, 0.1) is 0 Å². The molecular weight excluding hydrogens is 266 g/mol. The van der Waals surface area contributed by atoms with E-state index in [0.29, 0.717) is 23.3 Å². The molecule has 1 aliphatic rings. The summed E-state index contributed by atoms with van der Waals surface area (Å²) in [5.74, 6) is -0.369. The van der Waals surface area contributed by atoms with Crippen molar-refractivity contribution >= 4 is 11.6 Å². The van der Waals surface area contributed by atoms with Crippen molar-refractivity contribution in [3.8, 4) is 0 Å². The van der Waals surface area contributed by atoms with Gasteiger partial charge >= 0.3 is 0 Å². The molecule has 1 aromatic heterocycles. The van der Waals surface area contributed by atoms with Crippen molar-refractivity contribution < 1.29 is 9.90 Å². The number of aliphatic hydroxyl groups is 1. The van der Waals surface area contributed by atoms with Crippen LogP contribution in [0.1, 0.15) is 29.3 Å². The van der Waals surface area contributed by atoms with Crippen LogP contribution in [0.4, 0.5) is 0 Å². The molecule has 0 aliphatic carbocycles. The van der Waals surface area contributed by atoms with E-state index in [0.717, 1.165) is 5.01 Å². The van der Waals surface area contributed by atoms with Crippen LogP contribution in [-0.4, -0.2) is 26.7 Å². The number of pyridine rings is 1. The third kappa shape index (κ3) is 2.32. The molecule has 5 nitrogen and oxygen atoms in total. The molecule has 5 heteroatoms. The molecule has 0 spiro atoms. The highest BCUT2D eigenvalue weighted by Gasteiger charge is 2.45. The summed E-state index contributed by atoms with van der Waals surface area (Å²) < 4.78 is 0. The van der Waals surface area contributed by atoms with E-state index in [4.69, 9.17) is 0 Å². The zero-order valence-electron chi connectivity index (χ0n) is 11.6. The van der Waals surface area contributed by atoms with Crippen molar-refractivity contribution in [1.82, 2.24) is 9.99 Å². The van der Waals surface area contributed by atoms with Crippen molar-refractivity contribution in [2.75, 3.05) is 0 Å². The van der Waals surface area contributed by atoms with Gasteiger partial charge in [-0.1, -0.05) is 30.3 Å². The Morgan fingerprint density at radius 3 is 2.67 bits per heavy atom. The number of carbonyl (C=O) groups is 1. The number of carbonyl (C=O) groups excluding carboxylic acids is 1. The van der Waals surface area contributed by atoms with Gasteiger partial charge in [0.05, 0.1) is 5.56 Å². The molecule has 106 valence electrons. The number of aromatic nitrogens is 1. The quantitative estimate of drug-likeness (QED) is 0.917. The predicted octanol–water partition coefficient (Wildman–Crippen LogP) is 2.15. The molecule has 1 N–H and O–H groups in total. The molecule has 21 heavy (non-hydrogen) atoms. The Morgan fingerprint density at radius 2 is 2.00 bits per heavy atom. The fourth-order valence-electron chi connectivity index (χ4n) is 2.47. The van der Waals surface area contributed by atoms with E-state index >= 15 is 0 Å². The molecule has 0 bridgehead atoms. The van der Waals surface area contributed by atoms with Gasteiger partial charge in [-0.15, -0.1) is 0 Å². The third-order valence-corrected chi connectivity index (χ3v) is 3.46. The third-order valence-electron chi connectivity index (χ3n) is 3.46. The lowest BCUT2D eigenvalue weighted by Crippen LogP contribution is -2.43. The summed E-state index contributed by atoms with van der Waals surface area (Å²) in [7, 11) is 0. The minimum Gasteiger partial charge on any atom is -0.365 e. The molecule has 0 fully saturated rings. The van der Waals surface area contributed by atoms with Gasteiger partial charge in [-0.25, -0.2) is 0 Å². The van der Waals surface area contributed by atoms with Crippen molar-refractivity contribution in [3.05, 3.63) is 66.0 Å². The van der Waals surface area contributed by atoms with Gasteiger partial charge in [0.2, 0.25) is 0 Å². The van der Waals surface area contributed by atoms with Crippen LogP contribution < -0.4 is 0 Å². The summed E-state index contributed by atoms with van der Waals surface area (Å²) in [4.78, 5) is 16.5. The Labute approximate surface area is 122 Å². The Bertz CT molecular complexity index is 685. The zero-order valence-corrected chi connectivity index (χ0v) is 11.6. The lowest BCUT2D eigenvalue weighted by molar-refractivity contribution is -0.0765. The molecule has 1 atom stereocenters. The zero-order chi connectivity index (χ0) is 14.9. The minimum absolute atomic E-state index is 0.295. The highest BCUT2D eigenvalue weighted by atomic mass is 16.3. The molecule has 2 heterocycles. The van der Waals surface area contributed by atoms with E-state index in [2.05, 4.69) is 10.1 Å². The van der Waals surface area contributed by atoms with Gasteiger partial charge in [-0.05, 0) is 19.1 Å². The van der Waals surface area contributed by atoms with E-state index in [1.807, 2.05) is 18.2 Å². The average Bonchev–Trinajstić information content (AvgIpc) is 2.84. The maximum atomic E-state index is 12.6. The van der Waals surface area contributed by atoms with Crippen LogP contribution in [0.3, 0.4) is 0 Å². The van der Waals surface area contributed by atoms with Gasteiger partial charge in [-0.3, -0.25) is 9.78 Å². The SMILES string of the molecule is CC1=NN(C(=O)c2cccnc2)[C@@](O)(c2ccccc2)C1. The fraction of sp³-hybridized carbons (Fsp3) is 0.188. The highest BCUT2D eigenvalue weighted by molar-refractivity contribution is 5.97. The molecule has 0 radical (unpaired) electrons. The van der Waals surface area contributed by atoms with Gasteiger partial charge in [0.15, 0.2) is 5.72 Å². The average molecular weight is 281 g/mol. The van der Waals surface area contributed by atoms with Crippen molar-refractivity contribution in [1.29, 1.82) is 0 Å². The Kier molecular flexibility index (Phi) is 3.27. The second kappa shape index (κ2) is 5.10.